The van der Waals surface area contributed by atoms with Gasteiger partial charge in [-0.25, -0.2) is 5.06 Å². The molecule has 0 saturated carbocycles. The first-order valence-electron chi connectivity index (χ1n) is 9.69. The zero-order valence-electron chi connectivity index (χ0n) is 17.4. The highest BCUT2D eigenvalue weighted by Crippen LogP contribution is 2.37. The Labute approximate surface area is 175 Å². The fraction of sp³-hybridized carbons (Fsp3) is 0.364. The summed E-state index contributed by atoms with van der Waals surface area (Å²) in [5.41, 5.74) is 1.49. The molecule has 8 nitrogen and oxygen atoms in total. The third-order valence-corrected chi connectivity index (χ3v) is 4.73. The van der Waals surface area contributed by atoms with Gasteiger partial charge in [-0.05, 0) is 42.7 Å². The minimum atomic E-state index is -0.293. The van der Waals surface area contributed by atoms with E-state index in [2.05, 4.69) is 5.32 Å². The second-order valence-electron chi connectivity index (χ2n) is 6.78. The number of benzene rings is 2. The Morgan fingerprint density at radius 2 is 1.90 bits per heavy atom. The molecule has 2 aromatic carbocycles. The summed E-state index contributed by atoms with van der Waals surface area (Å²) in [5, 5.41) is 4.16. The van der Waals surface area contributed by atoms with Crippen LogP contribution >= 0.6 is 0 Å². The Hall–Kier alpha value is -3.26. The van der Waals surface area contributed by atoms with Gasteiger partial charge in [-0.15, -0.1) is 0 Å². The lowest BCUT2D eigenvalue weighted by atomic mass is 10.1. The molecule has 1 heterocycles. The van der Waals surface area contributed by atoms with Gasteiger partial charge in [-0.3, -0.25) is 14.4 Å². The van der Waals surface area contributed by atoms with Crippen LogP contribution < -0.4 is 19.5 Å². The topological polar surface area (TPSA) is 86.3 Å². The molecule has 1 saturated heterocycles. The smallest absolute Gasteiger partial charge is 0.277 e. The molecule has 2 aromatic rings. The van der Waals surface area contributed by atoms with E-state index < -0.39 is 0 Å². The third kappa shape index (κ3) is 5.01. The van der Waals surface area contributed by atoms with Gasteiger partial charge in [0.1, 0.15) is 5.75 Å². The van der Waals surface area contributed by atoms with Crippen LogP contribution in [0.3, 0.4) is 0 Å². The van der Waals surface area contributed by atoms with Crippen LogP contribution in [0.1, 0.15) is 28.8 Å². The Bertz CT molecular complexity index is 908. The summed E-state index contributed by atoms with van der Waals surface area (Å²) in [6.07, 6.45) is 1.93. The van der Waals surface area contributed by atoms with Gasteiger partial charge in [0.2, 0.25) is 5.91 Å². The van der Waals surface area contributed by atoms with Crippen molar-refractivity contribution in [3.8, 4) is 17.2 Å². The molecular formula is C22H26N2O6. The van der Waals surface area contributed by atoms with Crippen molar-refractivity contribution in [2.75, 3.05) is 39.8 Å². The lowest BCUT2D eigenvalue weighted by Crippen LogP contribution is -2.35. The van der Waals surface area contributed by atoms with Gasteiger partial charge in [0.25, 0.3) is 5.91 Å². The number of hydrogen-bond acceptors (Lipinski definition) is 6. The SMILES string of the molecule is COc1cccc(CC(=O)Nc2cc(C(=O)N3CCCCO3)cc(OC)c2OC)c1. The second kappa shape index (κ2) is 9.98. The van der Waals surface area contributed by atoms with Gasteiger partial charge >= 0.3 is 0 Å². The van der Waals surface area contributed by atoms with E-state index >= 15 is 0 Å². The number of amides is 2. The molecule has 0 aliphatic carbocycles. The van der Waals surface area contributed by atoms with Crippen molar-refractivity contribution in [1.82, 2.24) is 5.06 Å². The van der Waals surface area contributed by atoms with E-state index in [1.807, 2.05) is 18.2 Å². The molecule has 1 aliphatic rings. The first-order valence-corrected chi connectivity index (χ1v) is 9.69. The molecule has 1 N–H and O–H groups in total. The summed E-state index contributed by atoms with van der Waals surface area (Å²) in [5.74, 6) is 0.805. The van der Waals surface area contributed by atoms with Crippen molar-refractivity contribution in [3.63, 3.8) is 0 Å². The summed E-state index contributed by atoms with van der Waals surface area (Å²) >= 11 is 0. The molecular weight excluding hydrogens is 388 g/mol. The van der Waals surface area contributed by atoms with E-state index in [0.717, 1.165) is 18.4 Å². The lowest BCUT2D eigenvalue weighted by molar-refractivity contribution is -0.144. The molecule has 8 heteroatoms. The van der Waals surface area contributed by atoms with Gasteiger partial charge in [-0.1, -0.05) is 12.1 Å². The van der Waals surface area contributed by atoms with E-state index in [9.17, 15) is 9.59 Å². The van der Waals surface area contributed by atoms with Gasteiger partial charge < -0.3 is 19.5 Å². The average Bonchev–Trinajstić information content (AvgIpc) is 2.78. The summed E-state index contributed by atoms with van der Waals surface area (Å²) in [4.78, 5) is 31.0. The van der Waals surface area contributed by atoms with Crippen molar-refractivity contribution in [3.05, 3.63) is 47.5 Å². The van der Waals surface area contributed by atoms with Crippen LogP contribution in [0.2, 0.25) is 0 Å². The van der Waals surface area contributed by atoms with Crippen LogP contribution in [-0.4, -0.2) is 51.4 Å². The predicted molar refractivity (Wildman–Crippen MR) is 111 cm³/mol. The summed E-state index contributed by atoms with van der Waals surface area (Å²) in [6.45, 7) is 1.02. The van der Waals surface area contributed by atoms with Crippen LogP contribution in [-0.2, 0) is 16.1 Å². The van der Waals surface area contributed by atoms with E-state index in [0.29, 0.717) is 41.7 Å². The van der Waals surface area contributed by atoms with E-state index in [-0.39, 0.29) is 18.2 Å². The lowest BCUT2D eigenvalue weighted by Gasteiger charge is -2.26. The molecule has 0 aromatic heterocycles. The van der Waals surface area contributed by atoms with Gasteiger partial charge in [0, 0.05) is 12.1 Å². The quantitative estimate of drug-likeness (QED) is 0.749. The average molecular weight is 414 g/mol. The molecule has 3 rings (SSSR count). The monoisotopic (exact) mass is 414 g/mol. The van der Waals surface area contributed by atoms with Crippen LogP contribution in [0, 0.1) is 0 Å². The standard InChI is InChI=1S/C22H26N2O6/c1-27-17-8-6-7-15(11-17)12-20(25)23-18-13-16(14-19(28-2)21(18)29-3)22(26)24-9-4-5-10-30-24/h6-8,11,13-14H,4-5,9-10,12H2,1-3H3,(H,23,25). The van der Waals surface area contributed by atoms with Gasteiger partial charge in [0.15, 0.2) is 11.5 Å². The number of hydrogen-bond donors (Lipinski definition) is 1. The van der Waals surface area contributed by atoms with E-state index in [1.165, 1.54) is 19.3 Å². The normalized spacial score (nSPS) is 13.5. The molecule has 30 heavy (non-hydrogen) atoms. The Kier molecular flexibility index (Phi) is 7.13. The Morgan fingerprint density at radius 1 is 1.07 bits per heavy atom. The molecule has 160 valence electrons. The molecule has 0 spiro atoms. The fourth-order valence-electron chi connectivity index (χ4n) is 3.24. The molecule has 1 aliphatic heterocycles. The maximum absolute atomic E-state index is 12.8. The number of nitrogens with one attached hydrogen (secondary N) is 1. The fourth-order valence-corrected chi connectivity index (χ4v) is 3.24. The number of nitrogens with zero attached hydrogens (tertiary/aromatic N) is 1. The molecule has 0 bridgehead atoms. The molecule has 0 radical (unpaired) electrons. The minimum absolute atomic E-state index is 0.135. The third-order valence-electron chi connectivity index (χ3n) is 4.73. The maximum Gasteiger partial charge on any atom is 0.277 e. The Balaban J connectivity index is 1.84. The largest absolute Gasteiger partial charge is 0.497 e. The number of anilines is 1. The zero-order chi connectivity index (χ0) is 21.5. The van der Waals surface area contributed by atoms with Crippen molar-refractivity contribution < 1.29 is 28.6 Å². The van der Waals surface area contributed by atoms with Crippen LogP contribution in [0.5, 0.6) is 17.2 Å². The maximum atomic E-state index is 12.8. The van der Waals surface area contributed by atoms with E-state index in [4.69, 9.17) is 19.0 Å². The number of methoxy groups -OCH3 is 3. The predicted octanol–water partition coefficient (Wildman–Crippen LogP) is 3.06. The van der Waals surface area contributed by atoms with Gasteiger partial charge in [-0.2, -0.15) is 0 Å². The molecule has 2 amide bonds. The highest BCUT2D eigenvalue weighted by Gasteiger charge is 2.23. The summed E-state index contributed by atoms with van der Waals surface area (Å²) < 4.78 is 16.0. The van der Waals surface area contributed by atoms with Crippen molar-refractivity contribution >= 4 is 17.5 Å². The zero-order valence-corrected chi connectivity index (χ0v) is 17.4. The van der Waals surface area contributed by atoms with Crippen LogP contribution in [0.4, 0.5) is 5.69 Å². The van der Waals surface area contributed by atoms with Crippen LogP contribution in [0.15, 0.2) is 36.4 Å². The number of carbonyl (C=O) groups is 2. The summed E-state index contributed by atoms with van der Waals surface area (Å²) in [6, 6.07) is 10.4. The summed E-state index contributed by atoms with van der Waals surface area (Å²) in [7, 11) is 4.53. The highest BCUT2D eigenvalue weighted by molar-refractivity contribution is 5.99. The van der Waals surface area contributed by atoms with Crippen molar-refractivity contribution in [1.29, 1.82) is 0 Å². The molecule has 0 atom stereocenters. The number of carbonyl (C=O) groups excluding carboxylic acids is 2. The van der Waals surface area contributed by atoms with Crippen molar-refractivity contribution in [2.45, 2.75) is 19.3 Å². The first-order chi connectivity index (χ1) is 14.5. The minimum Gasteiger partial charge on any atom is -0.497 e. The second-order valence-corrected chi connectivity index (χ2v) is 6.78. The number of hydroxylamine groups is 2. The first kappa shape index (κ1) is 21.4. The van der Waals surface area contributed by atoms with Crippen molar-refractivity contribution in [2.24, 2.45) is 0 Å². The Morgan fingerprint density at radius 3 is 2.57 bits per heavy atom. The van der Waals surface area contributed by atoms with Gasteiger partial charge in [0.05, 0.1) is 40.0 Å². The number of rotatable bonds is 7. The van der Waals surface area contributed by atoms with Crippen LogP contribution in [0.25, 0.3) is 0 Å². The molecule has 1 fully saturated rings. The molecule has 0 unspecified atom stereocenters. The number of ether oxygens (including phenoxy) is 3. The van der Waals surface area contributed by atoms with E-state index in [1.54, 1.807) is 25.3 Å². The highest BCUT2D eigenvalue weighted by atomic mass is 16.7.